The second-order valence-corrected chi connectivity index (χ2v) is 9.29. The molecule has 0 radical (unpaired) electrons. The Balaban J connectivity index is 1.34. The fourth-order valence-electron chi connectivity index (χ4n) is 4.48. The lowest BCUT2D eigenvalue weighted by atomic mass is 10.1. The number of nitrogens with zero attached hydrogens (tertiary/aromatic N) is 6. The second-order valence-electron chi connectivity index (χ2n) is 9.29. The van der Waals surface area contributed by atoms with E-state index in [9.17, 15) is 4.79 Å². The Kier molecular flexibility index (Phi) is 6.71. The molecule has 5 rings (SSSR count). The first kappa shape index (κ1) is 23.6. The number of para-hydroxylation sites is 1. The minimum atomic E-state index is -0.0648. The largest absolute Gasteiger partial charge is 0.495 e. The second kappa shape index (κ2) is 10.2. The predicted molar refractivity (Wildman–Crippen MR) is 141 cm³/mol. The van der Waals surface area contributed by atoms with Gasteiger partial charge in [0, 0.05) is 38.3 Å². The van der Waals surface area contributed by atoms with Gasteiger partial charge >= 0.3 is 0 Å². The Bertz CT molecular complexity index is 1350. The van der Waals surface area contributed by atoms with E-state index in [4.69, 9.17) is 4.74 Å². The van der Waals surface area contributed by atoms with Crippen molar-refractivity contribution in [1.29, 1.82) is 0 Å². The number of amides is 1. The highest BCUT2D eigenvalue weighted by Gasteiger charge is 2.24. The summed E-state index contributed by atoms with van der Waals surface area (Å²) in [6.45, 7) is 7.89. The highest BCUT2D eigenvalue weighted by molar-refractivity contribution is 5.95. The number of ether oxygens (including phenoxy) is 1. The van der Waals surface area contributed by atoms with Crippen LogP contribution in [0.25, 0.3) is 16.7 Å². The maximum atomic E-state index is 12.6. The van der Waals surface area contributed by atoms with Crippen molar-refractivity contribution in [3.63, 3.8) is 0 Å². The van der Waals surface area contributed by atoms with Crippen LogP contribution in [0.1, 0.15) is 24.2 Å². The molecule has 1 fully saturated rings. The number of hydrogen-bond donors (Lipinski definition) is 1. The topological polar surface area (TPSA) is 88.4 Å². The maximum absolute atomic E-state index is 12.6. The van der Waals surface area contributed by atoms with Crippen LogP contribution in [0.2, 0.25) is 0 Å². The SMILES string of the molecule is COc1ccc(C(=O)NCC(C)C)cc1N1CCN(c2ncnc3c2cnn3-c2ccccc2)CC1. The van der Waals surface area contributed by atoms with Crippen molar-refractivity contribution in [3.05, 3.63) is 66.6 Å². The first-order valence-electron chi connectivity index (χ1n) is 12.3. The van der Waals surface area contributed by atoms with E-state index in [1.54, 1.807) is 13.4 Å². The molecule has 2 aromatic heterocycles. The van der Waals surface area contributed by atoms with Gasteiger partial charge in [-0.25, -0.2) is 14.6 Å². The van der Waals surface area contributed by atoms with Crippen molar-refractivity contribution in [1.82, 2.24) is 25.1 Å². The highest BCUT2D eigenvalue weighted by Crippen LogP contribution is 2.32. The summed E-state index contributed by atoms with van der Waals surface area (Å²) in [5.41, 5.74) is 3.32. The average Bonchev–Trinajstić information content (AvgIpc) is 3.36. The molecule has 4 aromatic rings. The minimum absolute atomic E-state index is 0.0648. The Morgan fingerprint density at radius 2 is 1.78 bits per heavy atom. The van der Waals surface area contributed by atoms with Crippen molar-refractivity contribution < 1.29 is 9.53 Å². The standard InChI is InChI=1S/C27H31N7O2/c1-19(2)16-28-27(35)20-9-10-24(36-3)23(15-20)32-11-13-33(14-12-32)25-22-17-31-34(26(22)30-18-29-25)21-7-5-4-6-8-21/h4-10,15,17-19H,11-14,16H2,1-3H3,(H,28,35). The van der Waals surface area contributed by atoms with Gasteiger partial charge in [0.25, 0.3) is 5.91 Å². The molecule has 3 heterocycles. The van der Waals surface area contributed by atoms with Crippen LogP contribution in [0.15, 0.2) is 61.1 Å². The Morgan fingerprint density at radius 3 is 2.50 bits per heavy atom. The zero-order valence-electron chi connectivity index (χ0n) is 20.9. The summed E-state index contributed by atoms with van der Waals surface area (Å²) in [5.74, 6) is 1.98. The number of carbonyl (C=O) groups is 1. The van der Waals surface area contributed by atoms with Crippen molar-refractivity contribution in [2.75, 3.05) is 49.6 Å². The smallest absolute Gasteiger partial charge is 0.251 e. The number of carbonyl (C=O) groups excluding carboxylic acids is 1. The summed E-state index contributed by atoms with van der Waals surface area (Å²) in [5, 5.41) is 8.50. The molecule has 186 valence electrons. The lowest BCUT2D eigenvalue weighted by Crippen LogP contribution is -2.47. The van der Waals surface area contributed by atoms with E-state index in [1.807, 2.05) is 59.4 Å². The van der Waals surface area contributed by atoms with Gasteiger partial charge in [0.05, 0.1) is 30.1 Å². The third-order valence-corrected chi connectivity index (χ3v) is 6.38. The molecule has 1 aliphatic rings. The van der Waals surface area contributed by atoms with Crippen LogP contribution in [0, 0.1) is 5.92 Å². The molecule has 1 N–H and O–H groups in total. The lowest BCUT2D eigenvalue weighted by molar-refractivity contribution is 0.0949. The summed E-state index contributed by atoms with van der Waals surface area (Å²) in [6.07, 6.45) is 3.44. The number of rotatable bonds is 7. The minimum Gasteiger partial charge on any atom is -0.495 e. The van der Waals surface area contributed by atoms with E-state index in [1.165, 1.54) is 0 Å². The number of anilines is 2. The van der Waals surface area contributed by atoms with Crippen molar-refractivity contribution in [2.45, 2.75) is 13.8 Å². The Hall–Kier alpha value is -4.14. The molecule has 9 heteroatoms. The van der Waals surface area contributed by atoms with Gasteiger partial charge in [-0.2, -0.15) is 5.10 Å². The number of hydrogen-bond acceptors (Lipinski definition) is 7. The molecule has 1 aliphatic heterocycles. The summed E-state index contributed by atoms with van der Waals surface area (Å²) in [6, 6.07) is 15.6. The lowest BCUT2D eigenvalue weighted by Gasteiger charge is -2.37. The fourth-order valence-corrected chi connectivity index (χ4v) is 4.48. The van der Waals surface area contributed by atoms with Crippen LogP contribution in [-0.4, -0.2) is 65.5 Å². The summed E-state index contributed by atoms with van der Waals surface area (Å²) in [4.78, 5) is 26.3. The molecule has 0 atom stereocenters. The number of benzene rings is 2. The van der Waals surface area contributed by atoms with Crippen molar-refractivity contribution in [2.24, 2.45) is 5.92 Å². The molecule has 0 bridgehead atoms. The number of nitrogens with one attached hydrogen (secondary N) is 1. The highest BCUT2D eigenvalue weighted by atomic mass is 16.5. The monoisotopic (exact) mass is 485 g/mol. The molecule has 0 saturated carbocycles. The normalized spacial score (nSPS) is 13.9. The van der Waals surface area contributed by atoms with E-state index < -0.39 is 0 Å². The van der Waals surface area contributed by atoms with Gasteiger partial charge in [0.1, 0.15) is 17.9 Å². The molecule has 36 heavy (non-hydrogen) atoms. The van der Waals surface area contributed by atoms with E-state index in [0.717, 1.165) is 60.2 Å². The molecule has 2 aromatic carbocycles. The first-order chi connectivity index (χ1) is 17.5. The number of aromatic nitrogens is 4. The number of methoxy groups -OCH3 is 1. The molecule has 0 spiro atoms. The predicted octanol–water partition coefficient (Wildman–Crippen LogP) is 3.54. The average molecular weight is 486 g/mol. The van der Waals surface area contributed by atoms with Crippen LogP contribution < -0.4 is 19.9 Å². The van der Waals surface area contributed by atoms with Crippen LogP contribution in [0.3, 0.4) is 0 Å². The molecule has 0 unspecified atom stereocenters. The Labute approximate surface area is 210 Å². The Morgan fingerprint density at radius 1 is 1.03 bits per heavy atom. The van der Waals surface area contributed by atoms with Gasteiger partial charge in [-0.1, -0.05) is 32.0 Å². The zero-order chi connectivity index (χ0) is 25.1. The van der Waals surface area contributed by atoms with Crippen LogP contribution >= 0.6 is 0 Å². The number of fused-ring (bicyclic) bond motifs is 1. The van der Waals surface area contributed by atoms with E-state index in [-0.39, 0.29) is 5.91 Å². The van der Waals surface area contributed by atoms with E-state index in [2.05, 4.69) is 44.0 Å². The van der Waals surface area contributed by atoms with Gasteiger partial charge in [-0.05, 0) is 36.2 Å². The van der Waals surface area contributed by atoms with Crippen molar-refractivity contribution >= 4 is 28.4 Å². The maximum Gasteiger partial charge on any atom is 0.251 e. The van der Waals surface area contributed by atoms with Crippen LogP contribution in [0.5, 0.6) is 5.75 Å². The van der Waals surface area contributed by atoms with Crippen LogP contribution in [-0.2, 0) is 0 Å². The summed E-state index contributed by atoms with van der Waals surface area (Å²) < 4.78 is 7.47. The van der Waals surface area contributed by atoms with Gasteiger partial charge in [-0.15, -0.1) is 0 Å². The molecule has 9 nitrogen and oxygen atoms in total. The molecular formula is C27H31N7O2. The van der Waals surface area contributed by atoms with Crippen molar-refractivity contribution in [3.8, 4) is 11.4 Å². The number of piperazine rings is 1. The van der Waals surface area contributed by atoms with Gasteiger partial charge in [0.15, 0.2) is 5.65 Å². The van der Waals surface area contributed by atoms with Gasteiger partial charge in [-0.3, -0.25) is 4.79 Å². The van der Waals surface area contributed by atoms with Gasteiger partial charge < -0.3 is 19.9 Å². The molecular weight excluding hydrogens is 454 g/mol. The summed E-state index contributed by atoms with van der Waals surface area (Å²) in [7, 11) is 1.66. The quantitative estimate of drug-likeness (QED) is 0.428. The van der Waals surface area contributed by atoms with E-state index >= 15 is 0 Å². The van der Waals surface area contributed by atoms with Gasteiger partial charge in [0.2, 0.25) is 0 Å². The fraction of sp³-hybridized carbons (Fsp3) is 0.333. The first-order valence-corrected chi connectivity index (χ1v) is 12.3. The third kappa shape index (κ3) is 4.68. The third-order valence-electron chi connectivity index (χ3n) is 6.38. The zero-order valence-corrected chi connectivity index (χ0v) is 20.9. The van der Waals surface area contributed by atoms with E-state index in [0.29, 0.717) is 18.0 Å². The molecule has 1 amide bonds. The molecule has 0 aliphatic carbocycles. The van der Waals surface area contributed by atoms with Crippen LogP contribution in [0.4, 0.5) is 11.5 Å². The molecule has 1 saturated heterocycles. The summed E-state index contributed by atoms with van der Waals surface area (Å²) >= 11 is 0.